The Balaban J connectivity index is 0.906. The third-order valence-electron chi connectivity index (χ3n) is 19.7. The van der Waals surface area contributed by atoms with Gasteiger partial charge in [-0.2, -0.15) is 0 Å². The molecule has 0 saturated heterocycles. The molecule has 11 aromatic carbocycles. The number of hydrogen-bond donors (Lipinski definition) is 0. The second kappa shape index (κ2) is 15.9. The third kappa shape index (κ3) is 5.61. The topological polar surface area (TPSA) is 8.17 Å². The van der Waals surface area contributed by atoms with Crippen LogP contribution in [-0.2, 0) is 5.41 Å². The SMILES string of the molecule is c1ccc(-c2cccc3cccc(-c4ccccc4N(c4ccccc4-c4ccc5c(c4)C4(c6ccccc6-5)C5CC6CC7CC4C75C6)c4ccccc4-c4ccc5c6ccccc6n(-c6ccccc6)c5c4)c23)cc1. The maximum absolute atomic E-state index is 2.67. The predicted molar refractivity (Wildman–Crippen MR) is 316 cm³/mol. The van der Waals surface area contributed by atoms with E-state index >= 15 is 0 Å². The van der Waals surface area contributed by atoms with Gasteiger partial charge in [0.1, 0.15) is 0 Å². The van der Waals surface area contributed by atoms with E-state index in [1.54, 1.807) is 11.1 Å². The summed E-state index contributed by atoms with van der Waals surface area (Å²) in [6.07, 6.45) is 5.72. The summed E-state index contributed by atoms with van der Waals surface area (Å²) in [4.78, 5) is 2.60. The molecule has 5 aliphatic carbocycles. The summed E-state index contributed by atoms with van der Waals surface area (Å²) in [6.45, 7) is 0. The summed E-state index contributed by atoms with van der Waals surface area (Å²) in [6, 6.07) is 96.0. The van der Waals surface area contributed by atoms with Crippen LogP contribution >= 0.6 is 0 Å². The van der Waals surface area contributed by atoms with Gasteiger partial charge in [-0.05, 0) is 164 Å². The van der Waals surface area contributed by atoms with Crippen molar-refractivity contribution >= 4 is 49.6 Å². The van der Waals surface area contributed by atoms with Crippen LogP contribution in [0.15, 0.2) is 255 Å². The minimum Gasteiger partial charge on any atom is -0.309 e. The molecule has 360 valence electrons. The highest BCUT2D eigenvalue weighted by atomic mass is 15.2. The Hall–Kier alpha value is -8.72. The molecule has 76 heavy (non-hydrogen) atoms. The highest BCUT2D eigenvalue weighted by molar-refractivity contribution is 6.12. The smallest absolute Gasteiger partial charge is 0.0547 e. The first kappa shape index (κ1) is 42.6. The number of hydrogen-bond acceptors (Lipinski definition) is 1. The molecular weight excluding hydrogens is 917 g/mol. The lowest BCUT2D eigenvalue weighted by Crippen LogP contribution is -2.73. The molecular formula is C74H54N2. The van der Waals surface area contributed by atoms with Crippen molar-refractivity contribution in [3.05, 3.63) is 266 Å². The van der Waals surface area contributed by atoms with Crippen LogP contribution in [0.25, 0.3) is 93.9 Å². The monoisotopic (exact) mass is 970 g/mol. The molecule has 6 atom stereocenters. The quantitative estimate of drug-likeness (QED) is 0.147. The average Bonchev–Trinajstić information content (AvgIpc) is 2.92. The van der Waals surface area contributed by atoms with E-state index in [2.05, 4.69) is 264 Å². The summed E-state index contributed by atoms with van der Waals surface area (Å²) in [5, 5.41) is 4.98. The van der Waals surface area contributed by atoms with Gasteiger partial charge in [0.2, 0.25) is 0 Å². The molecule has 1 aromatic heterocycles. The summed E-state index contributed by atoms with van der Waals surface area (Å²) in [7, 11) is 0. The Morgan fingerprint density at radius 1 is 0.368 bits per heavy atom. The minimum atomic E-state index is 0.104. The largest absolute Gasteiger partial charge is 0.309 e. The standard InChI is InChI=1S/C74H54N2/c1-3-19-48(20-4-1)56-30-17-21-49-22-18-31-62(72(49)56)60-29-11-16-36-68(60)76(66-34-14-9-26-55(66)51-38-40-61-59-28-10-15-35-67(59)75(69(61)44-51)53-23-5-2-6-24-53)65-33-13-8-25-54(65)50-37-39-58-57-27-7-12-32-63(57)74(64(58)43-50)70-42-47-41-52-45-71(74)73(52,70)46-47/h1-40,43-44,47,52,70-71H,41-42,45-46H2. The Morgan fingerprint density at radius 3 is 1.70 bits per heavy atom. The first-order valence-electron chi connectivity index (χ1n) is 27.7. The van der Waals surface area contributed by atoms with Crippen LogP contribution in [0.1, 0.15) is 36.8 Å². The van der Waals surface area contributed by atoms with E-state index in [1.165, 1.54) is 114 Å². The zero-order valence-electron chi connectivity index (χ0n) is 42.3. The van der Waals surface area contributed by atoms with Gasteiger partial charge in [0.05, 0.1) is 28.1 Å². The zero-order chi connectivity index (χ0) is 49.7. The fraction of sp³-hybridized carbons (Fsp3) is 0.135. The number of rotatable bonds is 8. The van der Waals surface area contributed by atoms with E-state index < -0.39 is 0 Å². The van der Waals surface area contributed by atoms with Gasteiger partial charge in [-0.15, -0.1) is 0 Å². The van der Waals surface area contributed by atoms with E-state index in [0.717, 1.165) is 46.4 Å². The van der Waals surface area contributed by atoms with Crippen molar-refractivity contribution in [1.82, 2.24) is 4.57 Å². The molecule has 12 aromatic rings. The third-order valence-corrected chi connectivity index (χ3v) is 19.7. The van der Waals surface area contributed by atoms with Crippen molar-refractivity contribution in [2.45, 2.75) is 31.1 Å². The van der Waals surface area contributed by atoms with Crippen LogP contribution in [0.2, 0.25) is 0 Å². The molecule has 5 aliphatic rings. The molecule has 6 unspecified atom stereocenters. The van der Waals surface area contributed by atoms with Gasteiger partial charge in [-0.1, -0.05) is 206 Å². The van der Waals surface area contributed by atoms with Gasteiger partial charge >= 0.3 is 0 Å². The lowest BCUT2D eigenvalue weighted by Gasteiger charge is -2.76. The summed E-state index contributed by atoms with van der Waals surface area (Å²) in [5.41, 5.74) is 23.5. The molecule has 2 nitrogen and oxygen atoms in total. The first-order valence-corrected chi connectivity index (χ1v) is 27.7. The van der Waals surface area contributed by atoms with Crippen LogP contribution in [0.4, 0.5) is 17.1 Å². The highest BCUT2D eigenvalue weighted by Crippen LogP contribution is 2.89. The molecule has 4 fully saturated rings. The highest BCUT2D eigenvalue weighted by Gasteiger charge is 2.84. The van der Waals surface area contributed by atoms with Crippen molar-refractivity contribution in [2.24, 2.45) is 29.1 Å². The first-order chi connectivity index (χ1) is 37.7. The van der Waals surface area contributed by atoms with Crippen LogP contribution in [0.3, 0.4) is 0 Å². The van der Waals surface area contributed by atoms with Crippen molar-refractivity contribution < 1.29 is 0 Å². The molecule has 0 N–H and O–H groups in total. The normalized spacial score (nSPS) is 22.1. The number of aromatic nitrogens is 1. The number of benzene rings is 11. The Bertz CT molecular complexity index is 4350. The van der Waals surface area contributed by atoms with Crippen LogP contribution in [0.5, 0.6) is 0 Å². The van der Waals surface area contributed by atoms with E-state index in [9.17, 15) is 0 Å². The lowest BCUT2D eigenvalue weighted by molar-refractivity contribution is -0.231. The fourth-order valence-corrected chi connectivity index (χ4v) is 17.0. The number of fused-ring (bicyclic) bond motifs is 12. The molecule has 2 bridgehead atoms. The van der Waals surface area contributed by atoms with Gasteiger partial charge in [0.25, 0.3) is 0 Å². The minimum absolute atomic E-state index is 0.104. The van der Waals surface area contributed by atoms with E-state index in [-0.39, 0.29) is 5.41 Å². The lowest BCUT2D eigenvalue weighted by atomic mass is 9.27. The Labute approximate surface area is 444 Å². The number of anilines is 3. The summed E-state index contributed by atoms with van der Waals surface area (Å²) >= 11 is 0. The molecule has 2 spiro atoms. The Morgan fingerprint density at radius 2 is 0.934 bits per heavy atom. The Kier molecular flexibility index (Phi) is 8.92. The predicted octanol–water partition coefficient (Wildman–Crippen LogP) is 19.4. The maximum Gasteiger partial charge on any atom is 0.0547 e. The fourth-order valence-electron chi connectivity index (χ4n) is 17.0. The van der Waals surface area contributed by atoms with Crippen LogP contribution < -0.4 is 4.90 Å². The van der Waals surface area contributed by atoms with Gasteiger partial charge in [0, 0.05) is 38.6 Å². The van der Waals surface area contributed by atoms with Crippen LogP contribution in [-0.4, -0.2) is 4.57 Å². The average molecular weight is 971 g/mol. The second-order valence-electron chi connectivity index (χ2n) is 22.7. The molecule has 4 saturated carbocycles. The van der Waals surface area contributed by atoms with Crippen molar-refractivity contribution in [2.75, 3.05) is 4.90 Å². The second-order valence-corrected chi connectivity index (χ2v) is 22.7. The van der Waals surface area contributed by atoms with Crippen molar-refractivity contribution in [3.8, 4) is 61.3 Å². The van der Waals surface area contributed by atoms with E-state index in [1.807, 2.05) is 0 Å². The van der Waals surface area contributed by atoms with E-state index in [0.29, 0.717) is 5.41 Å². The molecule has 1 heterocycles. The maximum atomic E-state index is 2.67. The molecule has 0 radical (unpaired) electrons. The molecule has 2 heteroatoms. The van der Waals surface area contributed by atoms with Gasteiger partial charge in [0.15, 0.2) is 0 Å². The van der Waals surface area contributed by atoms with Gasteiger partial charge in [-0.25, -0.2) is 0 Å². The van der Waals surface area contributed by atoms with E-state index in [4.69, 9.17) is 0 Å². The zero-order valence-corrected chi connectivity index (χ0v) is 42.3. The van der Waals surface area contributed by atoms with Crippen molar-refractivity contribution in [3.63, 3.8) is 0 Å². The molecule has 0 aliphatic heterocycles. The number of para-hydroxylation sites is 5. The summed E-state index contributed by atoms with van der Waals surface area (Å²) < 4.78 is 2.44. The van der Waals surface area contributed by atoms with Crippen LogP contribution in [0, 0.1) is 29.1 Å². The van der Waals surface area contributed by atoms with Crippen molar-refractivity contribution in [1.29, 1.82) is 0 Å². The van der Waals surface area contributed by atoms with Gasteiger partial charge < -0.3 is 9.47 Å². The molecule has 17 rings (SSSR count). The van der Waals surface area contributed by atoms with Gasteiger partial charge in [-0.3, -0.25) is 0 Å². The molecule has 0 amide bonds. The summed E-state index contributed by atoms with van der Waals surface area (Å²) in [5.74, 6) is 3.32. The number of nitrogens with zero attached hydrogens (tertiary/aromatic N) is 2.